The van der Waals surface area contributed by atoms with Gasteiger partial charge in [-0.15, -0.1) is 0 Å². The van der Waals surface area contributed by atoms with Gasteiger partial charge >= 0.3 is 0 Å². The number of nitrogens with two attached hydrogens (primary N) is 1. The van der Waals surface area contributed by atoms with Crippen molar-refractivity contribution in [3.63, 3.8) is 0 Å². The Morgan fingerprint density at radius 1 is 1.00 bits per heavy atom. The first-order chi connectivity index (χ1) is 7.36. The number of hydrogen-bond acceptors (Lipinski definition) is 1. The van der Waals surface area contributed by atoms with E-state index in [1.165, 1.54) is 36.8 Å². The monoisotopic (exact) mass is 205 g/mol. The highest BCUT2D eigenvalue weighted by molar-refractivity contribution is 5.23. The molecule has 2 N–H and O–H groups in total. The lowest BCUT2D eigenvalue weighted by atomic mass is 10.0. The van der Waals surface area contributed by atoms with Gasteiger partial charge in [0.2, 0.25) is 0 Å². The summed E-state index contributed by atoms with van der Waals surface area (Å²) in [4.78, 5) is 0. The molecule has 1 aromatic carbocycles. The molecule has 1 heteroatoms. The van der Waals surface area contributed by atoms with Crippen LogP contribution in [0.15, 0.2) is 24.3 Å². The Balaban J connectivity index is 2.42. The molecule has 0 amide bonds. The van der Waals surface area contributed by atoms with E-state index in [1.54, 1.807) is 0 Å². The molecule has 0 saturated heterocycles. The van der Waals surface area contributed by atoms with Crippen LogP contribution in [0.5, 0.6) is 0 Å². The minimum absolute atomic E-state index is 0.792. The van der Waals surface area contributed by atoms with Crippen LogP contribution in [0.25, 0.3) is 0 Å². The first-order valence-corrected chi connectivity index (χ1v) is 6.14. The van der Waals surface area contributed by atoms with Crippen molar-refractivity contribution in [1.29, 1.82) is 0 Å². The molecule has 0 aliphatic rings. The molecule has 1 aromatic rings. The van der Waals surface area contributed by atoms with Gasteiger partial charge in [-0.25, -0.2) is 0 Å². The van der Waals surface area contributed by atoms with E-state index in [9.17, 15) is 0 Å². The molecule has 15 heavy (non-hydrogen) atoms. The molecule has 1 rings (SSSR count). The van der Waals surface area contributed by atoms with Crippen LogP contribution in [0.4, 0.5) is 0 Å². The molecular formula is C14H23N. The fourth-order valence-corrected chi connectivity index (χ4v) is 1.83. The van der Waals surface area contributed by atoms with Crippen LogP contribution in [0.1, 0.15) is 43.7 Å². The second-order valence-electron chi connectivity index (χ2n) is 4.17. The normalized spacial score (nSPS) is 10.5. The molecule has 0 atom stereocenters. The van der Waals surface area contributed by atoms with Gasteiger partial charge in [0, 0.05) is 0 Å². The summed E-state index contributed by atoms with van der Waals surface area (Å²) in [6.07, 6.45) is 7.40. The fraction of sp³-hybridized carbons (Fsp3) is 0.571. The van der Waals surface area contributed by atoms with E-state index in [-0.39, 0.29) is 0 Å². The van der Waals surface area contributed by atoms with Crippen molar-refractivity contribution in [1.82, 2.24) is 0 Å². The second kappa shape index (κ2) is 7.47. The predicted molar refractivity (Wildman–Crippen MR) is 67.0 cm³/mol. The van der Waals surface area contributed by atoms with Crippen molar-refractivity contribution in [3.8, 4) is 0 Å². The Morgan fingerprint density at radius 2 is 1.67 bits per heavy atom. The highest BCUT2D eigenvalue weighted by atomic mass is 14.5. The zero-order valence-corrected chi connectivity index (χ0v) is 9.84. The van der Waals surface area contributed by atoms with Crippen LogP contribution in [-0.4, -0.2) is 6.54 Å². The molecule has 0 saturated carbocycles. The number of benzene rings is 1. The summed E-state index contributed by atoms with van der Waals surface area (Å²) >= 11 is 0. The number of rotatable bonds is 7. The lowest BCUT2D eigenvalue weighted by Gasteiger charge is -2.04. The van der Waals surface area contributed by atoms with Crippen LogP contribution in [0, 0.1) is 0 Å². The van der Waals surface area contributed by atoms with E-state index in [4.69, 9.17) is 5.73 Å². The van der Waals surface area contributed by atoms with Crippen molar-refractivity contribution in [2.24, 2.45) is 5.73 Å². The average molecular weight is 205 g/mol. The number of hydrogen-bond donors (Lipinski definition) is 1. The maximum Gasteiger partial charge on any atom is -0.00741 e. The van der Waals surface area contributed by atoms with Gasteiger partial charge in [-0.2, -0.15) is 0 Å². The lowest BCUT2D eigenvalue weighted by Crippen LogP contribution is -2.00. The first-order valence-electron chi connectivity index (χ1n) is 6.14. The number of aryl methyl sites for hydroxylation is 2. The van der Waals surface area contributed by atoms with Crippen LogP contribution in [0.3, 0.4) is 0 Å². The van der Waals surface area contributed by atoms with Gasteiger partial charge in [0.1, 0.15) is 0 Å². The van der Waals surface area contributed by atoms with Gasteiger partial charge in [0.25, 0.3) is 0 Å². The second-order valence-corrected chi connectivity index (χ2v) is 4.17. The summed E-state index contributed by atoms with van der Waals surface area (Å²) in [7, 11) is 0. The van der Waals surface area contributed by atoms with Crippen LogP contribution < -0.4 is 5.73 Å². The smallest absolute Gasteiger partial charge is 0.00741 e. The van der Waals surface area contributed by atoms with Crippen molar-refractivity contribution in [2.45, 2.75) is 45.4 Å². The predicted octanol–water partition coefficient (Wildman–Crippen LogP) is 3.31. The third-order valence-corrected chi connectivity index (χ3v) is 2.73. The Labute approximate surface area is 93.7 Å². The largest absolute Gasteiger partial charge is 0.330 e. The molecule has 0 aliphatic carbocycles. The van der Waals surface area contributed by atoms with Crippen LogP contribution in [-0.2, 0) is 12.8 Å². The molecule has 0 aliphatic heterocycles. The van der Waals surface area contributed by atoms with E-state index >= 15 is 0 Å². The summed E-state index contributed by atoms with van der Waals surface area (Å²) in [6.45, 7) is 3.04. The summed E-state index contributed by atoms with van der Waals surface area (Å²) in [5.41, 5.74) is 8.44. The Morgan fingerprint density at radius 3 is 2.27 bits per heavy atom. The maximum atomic E-state index is 5.51. The fourth-order valence-electron chi connectivity index (χ4n) is 1.83. The highest BCUT2D eigenvalue weighted by Gasteiger charge is 1.96. The summed E-state index contributed by atoms with van der Waals surface area (Å²) in [5, 5.41) is 0. The standard InChI is InChI=1S/C14H23N/c1-2-3-4-7-13-8-5-9-14(12-13)10-6-11-15/h5,8-9,12H,2-4,6-7,10-11,15H2,1H3. The lowest BCUT2D eigenvalue weighted by molar-refractivity contribution is 0.716. The topological polar surface area (TPSA) is 26.0 Å². The van der Waals surface area contributed by atoms with E-state index in [1.807, 2.05) is 0 Å². The van der Waals surface area contributed by atoms with Crippen molar-refractivity contribution < 1.29 is 0 Å². The molecule has 0 heterocycles. The van der Waals surface area contributed by atoms with Crippen molar-refractivity contribution in [3.05, 3.63) is 35.4 Å². The summed E-state index contributed by atoms with van der Waals surface area (Å²) < 4.78 is 0. The molecule has 0 spiro atoms. The zero-order valence-electron chi connectivity index (χ0n) is 9.84. The Hall–Kier alpha value is -0.820. The minimum Gasteiger partial charge on any atom is -0.330 e. The van der Waals surface area contributed by atoms with Crippen LogP contribution >= 0.6 is 0 Å². The molecule has 84 valence electrons. The van der Waals surface area contributed by atoms with Crippen LogP contribution in [0.2, 0.25) is 0 Å². The quantitative estimate of drug-likeness (QED) is 0.679. The van der Waals surface area contributed by atoms with E-state index in [2.05, 4.69) is 31.2 Å². The maximum absolute atomic E-state index is 5.51. The average Bonchev–Trinajstić information content (AvgIpc) is 2.27. The van der Waals surface area contributed by atoms with E-state index in [0.29, 0.717) is 0 Å². The molecule has 0 bridgehead atoms. The van der Waals surface area contributed by atoms with Crippen molar-refractivity contribution >= 4 is 0 Å². The molecule has 0 fully saturated rings. The third kappa shape index (κ3) is 4.98. The van der Waals surface area contributed by atoms with E-state index < -0.39 is 0 Å². The van der Waals surface area contributed by atoms with Crippen molar-refractivity contribution in [2.75, 3.05) is 6.54 Å². The SMILES string of the molecule is CCCCCc1cccc(CCCN)c1. The molecule has 1 nitrogen and oxygen atoms in total. The van der Waals surface area contributed by atoms with E-state index in [0.717, 1.165) is 19.4 Å². The molecular weight excluding hydrogens is 182 g/mol. The first kappa shape index (κ1) is 12.3. The molecule has 0 aromatic heterocycles. The van der Waals surface area contributed by atoms with Gasteiger partial charge in [0.15, 0.2) is 0 Å². The zero-order chi connectivity index (χ0) is 10.9. The van der Waals surface area contributed by atoms with Gasteiger partial charge in [-0.1, -0.05) is 44.0 Å². The Kier molecular flexibility index (Phi) is 6.10. The van der Waals surface area contributed by atoms with Gasteiger partial charge in [-0.3, -0.25) is 0 Å². The van der Waals surface area contributed by atoms with Gasteiger partial charge in [0.05, 0.1) is 0 Å². The third-order valence-electron chi connectivity index (χ3n) is 2.73. The summed E-state index contributed by atoms with van der Waals surface area (Å²) in [5.74, 6) is 0. The highest BCUT2D eigenvalue weighted by Crippen LogP contribution is 2.10. The Bertz CT molecular complexity index is 268. The van der Waals surface area contributed by atoms with Gasteiger partial charge in [-0.05, 0) is 43.4 Å². The minimum atomic E-state index is 0.792. The molecule has 0 unspecified atom stereocenters. The number of unbranched alkanes of at least 4 members (excludes halogenated alkanes) is 2. The summed E-state index contributed by atoms with van der Waals surface area (Å²) in [6, 6.07) is 8.96. The molecule has 0 radical (unpaired) electrons. The van der Waals surface area contributed by atoms with Gasteiger partial charge < -0.3 is 5.73 Å².